The van der Waals surface area contributed by atoms with Gasteiger partial charge in [-0.1, -0.05) is 25.8 Å². The molecule has 0 bridgehead atoms. The highest BCUT2D eigenvalue weighted by Crippen LogP contribution is 2.38. The van der Waals surface area contributed by atoms with E-state index in [1.54, 1.807) is 25.1 Å². The van der Waals surface area contributed by atoms with Crippen LogP contribution in [0.15, 0.2) is 18.2 Å². The van der Waals surface area contributed by atoms with Gasteiger partial charge in [0.25, 0.3) is 11.8 Å². The van der Waals surface area contributed by atoms with Crippen molar-refractivity contribution in [1.29, 1.82) is 0 Å². The van der Waals surface area contributed by atoms with Gasteiger partial charge in [0.05, 0.1) is 0 Å². The van der Waals surface area contributed by atoms with Crippen LogP contribution in [0.3, 0.4) is 0 Å². The monoisotopic (exact) mass is 426 g/mol. The molecule has 2 N–H and O–H groups in total. The number of likely N-dealkylation sites (tertiary alicyclic amines) is 1. The molecule has 4 rings (SSSR count). The number of imide groups is 1. The molecule has 3 fully saturated rings. The Kier molecular flexibility index (Phi) is 5.73. The molecule has 3 aliphatic rings. The predicted octanol–water partition coefficient (Wildman–Crippen LogP) is 2.67. The topological polar surface area (TPSA) is 98.8 Å². The summed E-state index contributed by atoms with van der Waals surface area (Å²) in [4.78, 5) is 53.9. The number of carbonyl (C=O) groups excluding carboxylic acids is 4. The number of urea groups is 1. The van der Waals surface area contributed by atoms with Gasteiger partial charge in [0, 0.05) is 24.3 Å². The van der Waals surface area contributed by atoms with Crippen LogP contribution in [0.5, 0.6) is 0 Å². The van der Waals surface area contributed by atoms with Crippen LogP contribution in [0.2, 0.25) is 0 Å². The number of carbonyl (C=O) groups is 4. The molecular weight excluding hydrogens is 396 g/mol. The Morgan fingerprint density at radius 1 is 1.16 bits per heavy atom. The molecule has 31 heavy (non-hydrogen) atoms. The Hall–Kier alpha value is -2.90. The SMILES string of the molecule is Cc1c(NC(=O)CN2C(=O)NC3(CCCCC3C)C2=O)cccc1C(=O)N1CCCC1. The number of nitrogens with zero attached hydrogens (tertiary/aromatic N) is 2. The van der Waals surface area contributed by atoms with Crippen LogP contribution in [-0.2, 0) is 9.59 Å². The highest BCUT2D eigenvalue weighted by Gasteiger charge is 2.55. The Bertz CT molecular complexity index is 924. The lowest BCUT2D eigenvalue weighted by atomic mass is 9.73. The van der Waals surface area contributed by atoms with Crippen molar-refractivity contribution in [3.05, 3.63) is 29.3 Å². The van der Waals surface area contributed by atoms with Gasteiger partial charge < -0.3 is 15.5 Å². The van der Waals surface area contributed by atoms with Crippen LogP contribution in [-0.4, -0.2) is 58.7 Å². The van der Waals surface area contributed by atoms with Crippen molar-refractivity contribution in [1.82, 2.24) is 15.1 Å². The normalized spacial score (nSPS) is 25.8. The number of amides is 5. The summed E-state index contributed by atoms with van der Waals surface area (Å²) in [5.74, 6) is -0.762. The van der Waals surface area contributed by atoms with Crippen molar-refractivity contribution < 1.29 is 19.2 Å². The molecule has 0 aromatic heterocycles. The lowest BCUT2D eigenvalue weighted by Gasteiger charge is -2.36. The van der Waals surface area contributed by atoms with Crippen LogP contribution >= 0.6 is 0 Å². The van der Waals surface area contributed by atoms with Crippen LogP contribution in [0.25, 0.3) is 0 Å². The smallest absolute Gasteiger partial charge is 0.325 e. The average Bonchev–Trinajstić information content (AvgIpc) is 3.36. The maximum absolute atomic E-state index is 13.1. The third kappa shape index (κ3) is 3.79. The van der Waals surface area contributed by atoms with E-state index in [-0.39, 0.29) is 24.3 Å². The molecule has 166 valence electrons. The minimum Gasteiger partial charge on any atom is -0.339 e. The maximum atomic E-state index is 13.1. The Labute approximate surface area is 182 Å². The van der Waals surface area contributed by atoms with Gasteiger partial charge in [0.1, 0.15) is 12.1 Å². The van der Waals surface area contributed by atoms with Gasteiger partial charge in [-0.2, -0.15) is 0 Å². The molecule has 2 aliphatic heterocycles. The highest BCUT2D eigenvalue weighted by molar-refractivity contribution is 6.10. The second-order valence-electron chi connectivity index (χ2n) is 8.97. The number of nitrogens with one attached hydrogen (secondary N) is 2. The summed E-state index contributed by atoms with van der Waals surface area (Å²) in [5, 5.41) is 5.65. The van der Waals surface area contributed by atoms with Crippen LogP contribution < -0.4 is 10.6 Å². The first kappa shape index (κ1) is 21.3. The lowest BCUT2D eigenvalue weighted by molar-refractivity contribution is -0.136. The molecule has 2 saturated heterocycles. The van der Waals surface area contributed by atoms with E-state index in [4.69, 9.17) is 0 Å². The highest BCUT2D eigenvalue weighted by atomic mass is 16.2. The summed E-state index contributed by atoms with van der Waals surface area (Å²) in [5.41, 5.74) is 0.878. The van der Waals surface area contributed by atoms with Crippen LogP contribution in [0.4, 0.5) is 10.5 Å². The molecule has 1 aromatic rings. The molecule has 1 saturated carbocycles. The van der Waals surface area contributed by atoms with E-state index in [2.05, 4.69) is 10.6 Å². The third-order valence-electron chi connectivity index (χ3n) is 7.03. The van der Waals surface area contributed by atoms with Gasteiger partial charge in [-0.3, -0.25) is 19.3 Å². The summed E-state index contributed by atoms with van der Waals surface area (Å²) in [6.07, 6.45) is 5.42. The van der Waals surface area contributed by atoms with E-state index in [0.29, 0.717) is 23.2 Å². The number of hydrogen-bond acceptors (Lipinski definition) is 4. The van der Waals surface area contributed by atoms with Crippen molar-refractivity contribution in [3.63, 3.8) is 0 Å². The summed E-state index contributed by atoms with van der Waals surface area (Å²) >= 11 is 0. The molecule has 2 heterocycles. The van der Waals surface area contributed by atoms with E-state index in [0.717, 1.165) is 50.1 Å². The van der Waals surface area contributed by atoms with Crippen molar-refractivity contribution in [2.45, 2.75) is 57.9 Å². The molecule has 0 radical (unpaired) electrons. The Balaban J connectivity index is 1.45. The van der Waals surface area contributed by atoms with Gasteiger partial charge in [-0.05, 0) is 56.2 Å². The van der Waals surface area contributed by atoms with Crippen molar-refractivity contribution >= 4 is 29.4 Å². The quantitative estimate of drug-likeness (QED) is 0.723. The van der Waals surface area contributed by atoms with Crippen molar-refractivity contribution in [2.24, 2.45) is 5.92 Å². The number of rotatable bonds is 4. The number of benzene rings is 1. The summed E-state index contributed by atoms with van der Waals surface area (Å²) in [7, 11) is 0. The minimum absolute atomic E-state index is 0.0339. The first-order valence-corrected chi connectivity index (χ1v) is 11.2. The average molecular weight is 427 g/mol. The fourth-order valence-electron chi connectivity index (χ4n) is 5.07. The predicted molar refractivity (Wildman–Crippen MR) is 116 cm³/mol. The van der Waals surface area contributed by atoms with E-state index >= 15 is 0 Å². The Morgan fingerprint density at radius 2 is 1.90 bits per heavy atom. The molecule has 5 amide bonds. The van der Waals surface area contributed by atoms with Crippen LogP contribution in [0, 0.1) is 12.8 Å². The van der Waals surface area contributed by atoms with E-state index in [1.165, 1.54) is 0 Å². The standard InChI is InChI=1S/C23H30N4O4/c1-15-8-3-4-11-23(15)21(30)27(22(31)25-23)14-19(28)24-18-10-7-9-17(16(18)2)20(29)26-12-5-6-13-26/h7,9-10,15H,3-6,8,11-14H2,1-2H3,(H,24,28)(H,25,31). The molecule has 8 heteroatoms. The van der Waals surface area contributed by atoms with Gasteiger partial charge in [-0.25, -0.2) is 4.79 Å². The first-order valence-electron chi connectivity index (χ1n) is 11.2. The zero-order chi connectivity index (χ0) is 22.2. The maximum Gasteiger partial charge on any atom is 0.325 e. The Morgan fingerprint density at radius 3 is 2.61 bits per heavy atom. The summed E-state index contributed by atoms with van der Waals surface area (Å²) in [6.45, 7) is 4.93. The largest absolute Gasteiger partial charge is 0.339 e. The van der Waals surface area contributed by atoms with Crippen molar-refractivity contribution in [3.8, 4) is 0 Å². The minimum atomic E-state index is -0.881. The third-order valence-corrected chi connectivity index (χ3v) is 7.03. The molecule has 8 nitrogen and oxygen atoms in total. The first-order chi connectivity index (χ1) is 14.8. The molecular formula is C23H30N4O4. The zero-order valence-electron chi connectivity index (χ0n) is 18.2. The fourth-order valence-corrected chi connectivity index (χ4v) is 5.07. The molecule has 1 aromatic carbocycles. The van der Waals surface area contributed by atoms with Gasteiger partial charge >= 0.3 is 6.03 Å². The summed E-state index contributed by atoms with van der Waals surface area (Å²) < 4.78 is 0. The second kappa shape index (κ2) is 8.32. The number of anilines is 1. The number of hydrogen-bond donors (Lipinski definition) is 2. The van der Waals surface area contributed by atoms with Crippen molar-refractivity contribution in [2.75, 3.05) is 25.0 Å². The van der Waals surface area contributed by atoms with E-state index in [9.17, 15) is 19.2 Å². The zero-order valence-corrected chi connectivity index (χ0v) is 18.2. The van der Waals surface area contributed by atoms with Gasteiger partial charge in [0.2, 0.25) is 5.91 Å². The second-order valence-corrected chi connectivity index (χ2v) is 8.97. The van der Waals surface area contributed by atoms with E-state index < -0.39 is 17.5 Å². The summed E-state index contributed by atoms with van der Waals surface area (Å²) in [6, 6.07) is 4.71. The van der Waals surface area contributed by atoms with E-state index in [1.807, 2.05) is 11.8 Å². The van der Waals surface area contributed by atoms with Gasteiger partial charge in [0.15, 0.2) is 0 Å². The molecule has 1 spiro atoms. The lowest BCUT2D eigenvalue weighted by Crippen LogP contribution is -2.54. The fraction of sp³-hybridized carbons (Fsp3) is 0.565. The van der Waals surface area contributed by atoms with Crippen LogP contribution in [0.1, 0.15) is 61.4 Å². The molecule has 1 aliphatic carbocycles. The molecule has 2 atom stereocenters. The van der Waals surface area contributed by atoms with Gasteiger partial charge in [-0.15, -0.1) is 0 Å². The molecule has 2 unspecified atom stereocenters.